The van der Waals surface area contributed by atoms with Crippen LogP contribution in [-0.4, -0.2) is 50.3 Å². The molecule has 0 radical (unpaired) electrons. The van der Waals surface area contributed by atoms with Crippen LogP contribution in [0.15, 0.2) is 29.2 Å². The molecule has 0 saturated heterocycles. The number of benzene rings is 1. The molecule has 7 nitrogen and oxygen atoms in total. The van der Waals surface area contributed by atoms with Crippen LogP contribution in [0.25, 0.3) is 0 Å². The smallest absolute Gasteiger partial charge is 0.322 e. The van der Waals surface area contributed by atoms with E-state index in [0.29, 0.717) is 0 Å². The van der Waals surface area contributed by atoms with Gasteiger partial charge in [0, 0.05) is 13.1 Å². The first-order chi connectivity index (χ1) is 11.2. The first-order valence-corrected chi connectivity index (χ1v) is 9.17. The Hall–Kier alpha value is -1.93. The quantitative estimate of drug-likeness (QED) is 0.732. The molecular formula is C16H22N2O5S. The summed E-state index contributed by atoms with van der Waals surface area (Å²) in [6.07, 6.45) is 0.919. The summed E-state index contributed by atoms with van der Waals surface area (Å²) < 4.78 is 30.7. The molecule has 1 aromatic carbocycles. The van der Waals surface area contributed by atoms with E-state index in [2.05, 4.69) is 5.32 Å². The maximum absolute atomic E-state index is 12.4. The van der Waals surface area contributed by atoms with Gasteiger partial charge < -0.3 is 10.1 Å². The summed E-state index contributed by atoms with van der Waals surface area (Å²) in [6, 6.07) is 6.51. The molecule has 0 spiro atoms. The fourth-order valence-electron chi connectivity index (χ4n) is 1.99. The molecule has 1 fully saturated rings. The van der Waals surface area contributed by atoms with Crippen LogP contribution in [-0.2, 0) is 24.3 Å². The largest absolute Gasteiger partial charge is 0.452 e. The van der Waals surface area contributed by atoms with Gasteiger partial charge in [-0.3, -0.25) is 9.59 Å². The van der Waals surface area contributed by atoms with E-state index in [4.69, 9.17) is 4.74 Å². The summed E-state index contributed by atoms with van der Waals surface area (Å²) >= 11 is 0. The van der Waals surface area contributed by atoms with E-state index in [9.17, 15) is 18.0 Å². The molecule has 1 aliphatic rings. The number of hydrogen-bond donors (Lipinski definition) is 1. The number of aryl methyl sites for hydroxylation is 1. The van der Waals surface area contributed by atoms with E-state index in [1.165, 1.54) is 26.1 Å². The Morgan fingerprint density at radius 1 is 1.29 bits per heavy atom. The van der Waals surface area contributed by atoms with Gasteiger partial charge in [0.1, 0.15) is 6.54 Å². The monoisotopic (exact) mass is 354 g/mol. The van der Waals surface area contributed by atoms with Gasteiger partial charge in [0.25, 0.3) is 5.91 Å². The Morgan fingerprint density at radius 2 is 1.88 bits per heavy atom. The van der Waals surface area contributed by atoms with Gasteiger partial charge in [-0.15, -0.1) is 0 Å². The molecule has 1 unspecified atom stereocenters. The third kappa shape index (κ3) is 4.78. The molecule has 1 atom stereocenters. The van der Waals surface area contributed by atoms with Crippen molar-refractivity contribution in [2.75, 3.05) is 13.6 Å². The Labute approximate surface area is 142 Å². The highest BCUT2D eigenvalue weighted by Crippen LogP contribution is 2.19. The average Bonchev–Trinajstić information content (AvgIpc) is 3.31. The maximum atomic E-state index is 12.4. The van der Waals surface area contributed by atoms with Crippen molar-refractivity contribution in [3.05, 3.63) is 29.8 Å². The van der Waals surface area contributed by atoms with E-state index in [-0.39, 0.29) is 16.8 Å². The highest BCUT2D eigenvalue weighted by atomic mass is 32.2. The average molecular weight is 354 g/mol. The zero-order valence-electron chi connectivity index (χ0n) is 14.0. The fourth-order valence-corrected chi connectivity index (χ4v) is 3.11. The molecule has 1 amide bonds. The van der Waals surface area contributed by atoms with Gasteiger partial charge in [0.05, 0.1) is 4.90 Å². The lowest BCUT2D eigenvalue weighted by atomic mass is 10.2. The lowest BCUT2D eigenvalue weighted by molar-refractivity contribution is -0.154. The highest BCUT2D eigenvalue weighted by Gasteiger charge is 2.28. The van der Waals surface area contributed by atoms with Gasteiger partial charge in [0.2, 0.25) is 10.0 Å². The molecule has 0 aromatic heterocycles. The Morgan fingerprint density at radius 3 is 2.42 bits per heavy atom. The topological polar surface area (TPSA) is 92.8 Å². The number of amides is 1. The molecule has 132 valence electrons. The molecule has 24 heavy (non-hydrogen) atoms. The van der Waals surface area contributed by atoms with Crippen molar-refractivity contribution in [3.63, 3.8) is 0 Å². The number of ether oxygens (including phenoxy) is 1. The maximum Gasteiger partial charge on any atom is 0.322 e. The van der Waals surface area contributed by atoms with Gasteiger partial charge in [-0.25, -0.2) is 8.42 Å². The molecule has 8 heteroatoms. The van der Waals surface area contributed by atoms with Gasteiger partial charge in [-0.2, -0.15) is 4.31 Å². The van der Waals surface area contributed by atoms with E-state index in [1.807, 2.05) is 6.92 Å². The Kier molecular flexibility index (Phi) is 5.61. The third-order valence-electron chi connectivity index (χ3n) is 3.68. The van der Waals surface area contributed by atoms with Crippen molar-refractivity contribution in [1.29, 1.82) is 0 Å². The molecule has 0 bridgehead atoms. The molecule has 1 aromatic rings. The number of nitrogens with one attached hydrogen (secondary N) is 1. The highest BCUT2D eigenvalue weighted by molar-refractivity contribution is 7.89. The Bertz CT molecular complexity index is 710. The molecular weight excluding hydrogens is 332 g/mol. The fraction of sp³-hybridized carbons (Fsp3) is 0.500. The van der Waals surface area contributed by atoms with Crippen LogP contribution < -0.4 is 5.32 Å². The number of carbonyl (C=O) groups excluding carboxylic acids is 2. The van der Waals surface area contributed by atoms with Crippen LogP contribution in [0.5, 0.6) is 0 Å². The third-order valence-corrected chi connectivity index (χ3v) is 5.50. The molecule has 1 N–H and O–H groups in total. The van der Waals surface area contributed by atoms with Crippen molar-refractivity contribution in [3.8, 4) is 0 Å². The summed E-state index contributed by atoms with van der Waals surface area (Å²) in [5, 5.41) is 2.73. The number of esters is 1. The minimum Gasteiger partial charge on any atom is -0.452 e. The summed E-state index contributed by atoms with van der Waals surface area (Å²) in [6.45, 7) is 2.85. The summed E-state index contributed by atoms with van der Waals surface area (Å²) in [5.74, 6) is -1.14. The van der Waals surface area contributed by atoms with E-state index >= 15 is 0 Å². The number of hydrogen-bond acceptors (Lipinski definition) is 5. The zero-order chi connectivity index (χ0) is 17.9. The summed E-state index contributed by atoms with van der Waals surface area (Å²) in [7, 11) is -2.49. The standard InChI is InChI=1S/C16H22N2O5S/c1-11-4-8-14(9-5-11)24(21,22)18(3)10-15(19)23-12(2)16(20)17-13-6-7-13/h4-5,8-9,12-13H,6-7,10H2,1-3H3,(H,17,20). The Balaban J connectivity index is 1.92. The minimum atomic E-state index is -3.78. The summed E-state index contributed by atoms with van der Waals surface area (Å²) in [4.78, 5) is 23.7. The van der Waals surface area contributed by atoms with Gasteiger partial charge >= 0.3 is 5.97 Å². The van der Waals surface area contributed by atoms with E-state index in [0.717, 1.165) is 22.7 Å². The zero-order valence-corrected chi connectivity index (χ0v) is 14.8. The van der Waals surface area contributed by atoms with E-state index in [1.54, 1.807) is 12.1 Å². The van der Waals surface area contributed by atoms with Crippen LogP contribution in [0, 0.1) is 6.92 Å². The second kappa shape index (κ2) is 7.31. The van der Waals surface area contributed by atoms with Crippen molar-refractivity contribution < 1.29 is 22.7 Å². The second-order valence-electron chi connectivity index (χ2n) is 5.99. The van der Waals surface area contributed by atoms with Crippen LogP contribution in [0.1, 0.15) is 25.3 Å². The molecule has 0 heterocycles. The van der Waals surface area contributed by atoms with Gasteiger partial charge in [-0.1, -0.05) is 17.7 Å². The predicted octanol–water partition coefficient (Wildman–Crippen LogP) is 0.826. The predicted molar refractivity (Wildman–Crippen MR) is 87.7 cm³/mol. The molecule has 2 rings (SSSR count). The number of rotatable bonds is 7. The molecule has 1 aliphatic carbocycles. The number of sulfonamides is 1. The first-order valence-electron chi connectivity index (χ1n) is 7.73. The SMILES string of the molecule is Cc1ccc(S(=O)(=O)N(C)CC(=O)OC(C)C(=O)NC2CC2)cc1. The van der Waals surface area contributed by atoms with Crippen LogP contribution >= 0.6 is 0 Å². The van der Waals surface area contributed by atoms with Crippen molar-refractivity contribution in [2.45, 2.75) is 43.7 Å². The number of carbonyl (C=O) groups is 2. The number of likely N-dealkylation sites (N-methyl/N-ethyl adjacent to an activating group) is 1. The minimum absolute atomic E-state index is 0.0999. The van der Waals surface area contributed by atoms with Crippen molar-refractivity contribution in [1.82, 2.24) is 9.62 Å². The van der Waals surface area contributed by atoms with Crippen molar-refractivity contribution in [2.24, 2.45) is 0 Å². The van der Waals surface area contributed by atoms with E-state index < -0.39 is 28.6 Å². The normalized spacial score (nSPS) is 15.8. The first kappa shape index (κ1) is 18.4. The lowest BCUT2D eigenvalue weighted by Gasteiger charge is -2.18. The van der Waals surface area contributed by atoms with Gasteiger partial charge in [-0.05, 0) is 38.8 Å². The molecule has 0 aliphatic heterocycles. The van der Waals surface area contributed by atoms with Crippen LogP contribution in [0.4, 0.5) is 0 Å². The van der Waals surface area contributed by atoms with Gasteiger partial charge in [0.15, 0.2) is 6.10 Å². The lowest BCUT2D eigenvalue weighted by Crippen LogP contribution is -2.40. The van der Waals surface area contributed by atoms with Crippen molar-refractivity contribution >= 4 is 21.9 Å². The molecule has 1 saturated carbocycles. The van der Waals surface area contributed by atoms with Crippen LogP contribution in [0.2, 0.25) is 0 Å². The second-order valence-corrected chi connectivity index (χ2v) is 8.03. The van der Waals surface area contributed by atoms with Crippen LogP contribution in [0.3, 0.4) is 0 Å². The summed E-state index contributed by atoms with van der Waals surface area (Å²) in [5.41, 5.74) is 0.937. The number of nitrogens with zero attached hydrogens (tertiary/aromatic N) is 1.